The Morgan fingerprint density at radius 3 is 2.80 bits per heavy atom. The molecule has 0 spiro atoms. The molecule has 25 heavy (non-hydrogen) atoms. The first-order chi connectivity index (χ1) is 12.2. The predicted molar refractivity (Wildman–Crippen MR) is 101 cm³/mol. The van der Waals surface area contributed by atoms with Crippen molar-refractivity contribution in [1.82, 2.24) is 24.3 Å². The van der Waals surface area contributed by atoms with E-state index in [-0.39, 0.29) is 0 Å². The third kappa shape index (κ3) is 4.09. The summed E-state index contributed by atoms with van der Waals surface area (Å²) in [5.41, 5.74) is 3.54. The number of rotatable bonds is 5. The lowest BCUT2D eigenvalue weighted by Gasteiger charge is -2.22. The first-order valence-electron chi connectivity index (χ1n) is 8.26. The molecule has 0 bridgehead atoms. The normalized spacial score (nSPS) is 11.6. The Kier molecular flexibility index (Phi) is 5.18. The maximum Gasteiger partial charge on any atom is 0.194 e. The second kappa shape index (κ2) is 7.70. The summed E-state index contributed by atoms with van der Waals surface area (Å²) in [4.78, 5) is 10.6. The van der Waals surface area contributed by atoms with Gasteiger partial charge in [0.2, 0.25) is 0 Å². The third-order valence-corrected chi connectivity index (χ3v) is 4.19. The van der Waals surface area contributed by atoms with E-state index in [4.69, 9.17) is 0 Å². The molecule has 1 aromatic carbocycles. The van der Waals surface area contributed by atoms with Crippen LogP contribution < -0.4 is 5.32 Å². The number of nitrogens with zero attached hydrogens (tertiary/aromatic N) is 5. The van der Waals surface area contributed by atoms with Crippen molar-refractivity contribution in [1.29, 1.82) is 0 Å². The zero-order chi connectivity index (χ0) is 17.6. The maximum atomic E-state index is 4.39. The van der Waals surface area contributed by atoms with Crippen molar-refractivity contribution in [3.05, 3.63) is 72.6 Å². The van der Waals surface area contributed by atoms with Crippen molar-refractivity contribution in [2.75, 3.05) is 14.1 Å². The molecule has 3 aromatic rings. The lowest BCUT2D eigenvalue weighted by molar-refractivity contribution is 0.461. The third-order valence-electron chi connectivity index (χ3n) is 4.19. The molecule has 0 saturated carbocycles. The standard InChI is InChI=1S/C19H24N6/c1-20-19(24(3)14-18-8-5-10-23(18)2)22-13-16-6-4-7-17(12-16)25-11-9-21-15-25/h4-12,15H,13-14H2,1-3H3,(H,20,22). The summed E-state index contributed by atoms with van der Waals surface area (Å²) in [5, 5.41) is 3.43. The van der Waals surface area contributed by atoms with Gasteiger partial charge in [-0.2, -0.15) is 0 Å². The SMILES string of the molecule is CN=C(NCc1cccc(-n2ccnc2)c1)N(C)Cc1cccn1C. The van der Waals surface area contributed by atoms with Gasteiger partial charge in [-0.3, -0.25) is 4.99 Å². The Morgan fingerprint density at radius 1 is 1.24 bits per heavy atom. The first-order valence-corrected chi connectivity index (χ1v) is 8.26. The molecule has 6 heteroatoms. The van der Waals surface area contributed by atoms with Crippen LogP contribution in [-0.2, 0) is 20.1 Å². The van der Waals surface area contributed by atoms with E-state index in [1.807, 2.05) is 24.9 Å². The van der Waals surface area contributed by atoms with Gasteiger partial charge in [-0.05, 0) is 29.8 Å². The number of aliphatic imine (C=N–C) groups is 1. The predicted octanol–water partition coefficient (Wildman–Crippen LogP) is 2.42. The molecule has 2 heterocycles. The van der Waals surface area contributed by atoms with Crippen molar-refractivity contribution in [2.24, 2.45) is 12.0 Å². The average Bonchev–Trinajstić information content (AvgIpc) is 3.28. The number of nitrogens with one attached hydrogen (secondary N) is 1. The molecule has 1 N–H and O–H groups in total. The summed E-state index contributed by atoms with van der Waals surface area (Å²) in [6.07, 6.45) is 7.59. The van der Waals surface area contributed by atoms with E-state index in [1.54, 1.807) is 12.5 Å². The van der Waals surface area contributed by atoms with E-state index >= 15 is 0 Å². The minimum Gasteiger partial charge on any atom is -0.353 e. The Morgan fingerprint density at radius 2 is 2.12 bits per heavy atom. The van der Waals surface area contributed by atoms with Crippen LogP contribution in [0.1, 0.15) is 11.3 Å². The summed E-state index contributed by atoms with van der Waals surface area (Å²) < 4.78 is 4.12. The number of imidazole rings is 1. The number of aryl methyl sites for hydroxylation is 1. The Hall–Kier alpha value is -3.02. The van der Waals surface area contributed by atoms with Gasteiger partial charge in [0.15, 0.2) is 5.96 Å². The van der Waals surface area contributed by atoms with Crippen LogP contribution in [0.4, 0.5) is 0 Å². The smallest absolute Gasteiger partial charge is 0.194 e. The van der Waals surface area contributed by atoms with E-state index in [1.165, 1.54) is 11.3 Å². The van der Waals surface area contributed by atoms with Crippen LogP contribution in [0.15, 0.2) is 66.3 Å². The van der Waals surface area contributed by atoms with Crippen LogP contribution in [0.2, 0.25) is 0 Å². The molecule has 0 aliphatic rings. The number of benzene rings is 1. The van der Waals surface area contributed by atoms with Gasteiger partial charge < -0.3 is 19.4 Å². The summed E-state index contributed by atoms with van der Waals surface area (Å²) >= 11 is 0. The Balaban J connectivity index is 1.63. The van der Waals surface area contributed by atoms with E-state index in [2.05, 4.69) is 74.4 Å². The van der Waals surface area contributed by atoms with Gasteiger partial charge in [-0.15, -0.1) is 0 Å². The van der Waals surface area contributed by atoms with Gasteiger partial charge in [0.25, 0.3) is 0 Å². The molecular formula is C19H24N6. The first kappa shape index (κ1) is 16.8. The molecule has 3 rings (SSSR count). The molecule has 0 aliphatic heterocycles. The van der Waals surface area contributed by atoms with E-state index in [0.29, 0.717) is 6.54 Å². The molecule has 0 atom stereocenters. The van der Waals surface area contributed by atoms with Gasteiger partial charge in [-0.25, -0.2) is 4.98 Å². The second-order valence-electron chi connectivity index (χ2n) is 6.01. The topological polar surface area (TPSA) is 50.4 Å². The molecule has 0 fully saturated rings. The van der Waals surface area contributed by atoms with Crippen LogP contribution in [0, 0.1) is 0 Å². The van der Waals surface area contributed by atoms with Crippen molar-refractivity contribution in [3.63, 3.8) is 0 Å². The molecule has 2 aromatic heterocycles. The van der Waals surface area contributed by atoms with Gasteiger partial charge in [-0.1, -0.05) is 12.1 Å². The number of aromatic nitrogens is 3. The van der Waals surface area contributed by atoms with Crippen molar-refractivity contribution < 1.29 is 0 Å². The fourth-order valence-electron chi connectivity index (χ4n) is 2.78. The molecule has 0 amide bonds. The zero-order valence-corrected chi connectivity index (χ0v) is 14.9. The zero-order valence-electron chi connectivity index (χ0n) is 14.9. The minimum atomic E-state index is 0.715. The second-order valence-corrected chi connectivity index (χ2v) is 6.01. The van der Waals surface area contributed by atoms with E-state index in [0.717, 1.165) is 18.2 Å². The Bertz CT molecular complexity index is 831. The van der Waals surface area contributed by atoms with Crippen LogP contribution in [-0.4, -0.2) is 39.1 Å². The number of guanidine groups is 1. The quantitative estimate of drug-likeness (QED) is 0.575. The number of hydrogen-bond donors (Lipinski definition) is 1. The lowest BCUT2D eigenvalue weighted by Crippen LogP contribution is -2.38. The summed E-state index contributed by atoms with van der Waals surface area (Å²) in [6, 6.07) is 12.6. The van der Waals surface area contributed by atoms with Gasteiger partial charge >= 0.3 is 0 Å². The van der Waals surface area contributed by atoms with Gasteiger partial charge in [0, 0.05) is 57.7 Å². The fraction of sp³-hybridized carbons (Fsp3) is 0.263. The number of hydrogen-bond acceptors (Lipinski definition) is 2. The van der Waals surface area contributed by atoms with Crippen molar-refractivity contribution >= 4 is 5.96 Å². The molecule has 0 unspecified atom stereocenters. The van der Waals surface area contributed by atoms with E-state index < -0.39 is 0 Å². The Labute approximate surface area is 148 Å². The highest BCUT2D eigenvalue weighted by Gasteiger charge is 2.08. The monoisotopic (exact) mass is 336 g/mol. The van der Waals surface area contributed by atoms with Gasteiger partial charge in [0.05, 0.1) is 12.9 Å². The average molecular weight is 336 g/mol. The summed E-state index contributed by atoms with van der Waals surface area (Å²) in [5.74, 6) is 0.870. The molecule has 0 radical (unpaired) electrons. The van der Waals surface area contributed by atoms with Crippen molar-refractivity contribution in [3.8, 4) is 5.69 Å². The fourth-order valence-corrected chi connectivity index (χ4v) is 2.78. The molecule has 0 saturated heterocycles. The molecule has 6 nitrogen and oxygen atoms in total. The minimum absolute atomic E-state index is 0.715. The van der Waals surface area contributed by atoms with Crippen molar-refractivity contribution in [2.45, 2.75) is 13.1 Å². The molecule has 0 aliphatic carbocycles. The van der Waals surface area contributed by atoms with Crippen LogP contribution in [0.3, 0.4) is 0 Å². The molecular weight excluding hydrogens is 312 g/mol. The highest BCUT2D eigenvalue weighted by atomic mass is 15.3. The van der Waals surface area contributed by atoms with Gasteiger partial charge in [0.1, 0.15) is 0 Å². The van der Waals surface area contributed by atoms with E-state index in [9.17, 15) is 0 Å². The van der Waals surface area contributed by atoms with Crippen LogP contribution in [0.25, 0.3) is 5.69 Å². The highest BCUT2D eigenvalue weighted by Crippen LogP contribution is 2.10. The summed E-state index contributed by atoms with van der Waals surface area (Å²) in [6.45, 7) is 1.52. The maximum absolute atomic E-state index is 4.39. The molecule has 130 valence electrons. The van der Waals surface area contributed by atoms with Crippen LogP contribution >= 0.6 is 0 Å². The largest absolute Gasteiger partial charge is 0.353 e. The lowest BCUT2D eigenvalue weighted by atomic mass is 10.2. The summed E-state index contributed by atoms with van der Waals surface area (Å²) in [7, 11) is 5.91. The van der Waals surface area contributed by atoms with Crippen LogP contribution in [0.5, 0.6) is 0 Å². The highest BCUT2D eigenvalue weighted by molar-refractivity contribution is 5.79.